The summed E-state index contributed by atoms with van der Waals surface area (Å²) in [5, 5.41) is 14.0. The van der Waals surface area contributed by atoms with E-state index in [0.717, 1.165) is 37.2 Å². The van der Waals surface area contributed by atoms with Crippen molar-refractivity contribution in [3.8, 4) is 28.8 Å². The van der Waals surface area contributed by atoms with E-state index < -0.39 is 0 Å². The van der Waals surface area contributed by atoms with Crippen LogP contribution in [0.1, 0.15) is 18.4 Å². The largest absolute Gasteiger partial charge is 0.497 e. The number of methoxy groups -OCH3 is 1. The molecule has 29 heavy (non-hydrogen) atoms. The Morgan fingerprint density at radius 2 is 2.07 bits per heavy atom. The van der Waals surface area contributed by atoms with Gasteiger partial charge >= 0.3 is 0 Å². The Balaban J connectivity index is 1.72. The fourth-order valence-electron chi connectivity index (χ4n) is 3.83. The van der Waals surface area contributed by atoms with Gasteiger partial charge in [-0.1, -0.05) is 18.2 Å². The Hall–Kier alpha value is -3.17. The molecule has 0 amide bonds. The van der Waals surface area contributed by atoms with E-state index >= 15 is 0 Å². The molecule has 1 saturated heterocycles. The molecular formula is C23H23FN4O. The molecule has 4 rings (SSSR count). The van der Waals surface area contributed by atoms with Crippen molar-refractivity contribution >= 4 is 0 Å². The number of nitriles is 1. The smallest absolute Gasteiger partial charge is 0.136 e. The Labute approximate surface area is 169 Å². The summed E-state index contributed by atoms with van der Waals surface area (Å²) in [6.45, 7) is 2.29. The van der Waals surface area contributed by atoms with Crippen molar-refractivity contribution in [2.24, 2.45) is 5.92 Å². The quantitative estimate of drug-likeness (QED) is 0.647. The molecule has 0 bridgehead atoms. The molecule has 2 aromatic carbocycles. The van der Waals surface area contributed by atoms with Gasteiger partial charge in [0.05, 0.1) is 24.8 Å². The van der Waals surface area contributed by atoms with Gasteiger partial charge in [-0.3, -0.25) is 4.90 Å². The highest BCUT2D eigenvalue weighted by Crippen LogP contribution is 2.30. The van der Waals surface area contributed by atoms with Crippen LogP contribution in [0.25, 0.3) is 16.9 Å². The first kappa shape index (κ1) is 19.2. The molecule has 1 atom stereocenters. The van der Waals surface area contributed by atoms with E-state index in [1.807, 2.05) is 36.5 Å². The zero-order valence-corrected chi connectivity index (χ0v) is 16.4. The first-order valence-corrected chi connectivity index (χ1v) is 9.78. The molecule has 3 aromatic rings. The molecule has 1 aromatic heterocycles. The second-order valence-electron chi connectivity index (χ2n) is 7.33. The normalized spacial score (nSPS) is 17.1. The van der Waals surface area contributed by atoms with Gasteiger partial charge in [0.2, 0.25) is 0 Å². The Morgan fingerprint density at radius 3 is 2.79 bits per heavy atom. The predicted molar refractivity (Wildman–Crippen MR) is 109 cm³/mol. The molecule has 5 nitrogen and oxygen atoms in total. The van der Waals surface area contributed by atoms with Gasteiger partial charge in [0.25, 0.3) is 0 Å². The number of hydrogen-bond donors (Lipinski definition) is 0. The minimum Gasteiger partial charge on any atom is -0.497 e. The number of benzene rings is 2. The van der Waals surface area contributed by atoms with E-state index in [9.17, 15) is 9.65 Å². The summed E-state index contributed by atoms with van der Waals surface area (Å²) in [4.78, 5) is 2.26. The third-order valence-electron chi connectivity index (χ3n) is 5.32. The van der Waals surface area contributed by atoms with Crippen LogP contribution in [0.5, 0.6) is 5.75 Å². The highest BCUT2D eigenvalue weighted by Gasteiger charge is 2.23. The number of likely N-dealkylation sites (tertiary alicyclic amines) is 1. The Morgan fingerprint density at radius 1 is 1.24 bits per heavy atom. The van der Waals surface area contributed by atoms with Crippen LogP contribution in [0.15, 0.2) is 54.7 Å². The molecule has 0 N–H and O–H groups in total. The summed E-state index contributed by atoms with van der Waals surface area (Å²) in [5.41, 5.74) is 2.93. The van der Waals surface area contributed by atoms with Crippen molar-refractivity contribution < 1.29 is 9.13 Å². The molecule has 148 valence electrons. The van der Waals surface area contributed by atoms with E-state index in [4.69, 9.17) is 9.84 Å². The molecule has 1 aliphatic rings. The summed E-state index contributed by atoms with van der Waals surface area (Å²) >= 11 is 0. The monoisotopic (exact) mass is 390 g/mol. The summed E-state index contributed by atoms with van der Waals surface area (Å²) < 4.78 is 21.7. The lowest BCUT2D eigenvalue weighted by Gasteiger charge is -2.29. The number of aromatic nitrogens is 2. The summed E-state index contributed by atoms with van der Waals surface area (Å²) in [6.07, 6.45) is 3.90. The maximum atomic E-state index is 14.8. The highest BCUT2D eigenvalue weighted by atomic mass is 19.1. The molecule has 0 unspecified atom stereocenters. The minimum atomic E-state index is -0.363. The second-order valence-corrected chi connectivity index (χ2v) is 7.33. The van der Waals surface area contributed by atoms with E-state index in [1.165, 1.54) is 13.2 Å². The van der Waals surface area contributed by atoms with E-state index in [1.54, 1.807) is 16.8 Å². The first-order chi connectivity index (χ1) is 14.2. The topological polar surface area (TPSA) is 54.1 Å². The lowest BCUT2D eigenvalue weighted by atomic mass is 9.99. The van der Waals surface area contributed by atoms with Crippen LogP contribution in [-0.2, 0) is 6.54 Å². The standard InChI is InChI=1S/C23H23FN4O/c1-29-20-9-10-21(22(24)12-20)23-18(15-27-11-5-6-17(13-25)14-27)16-28(26-23)19-7-3-2-4-8-19/h2-4,7-10,12,16-17H,5-6,11,14-15H2,1H3/t17-/m1/s1. The number of ether oxygens (including phenoxy) is 1. The first-order valence-electron chi connectivity index (χ1n) is 9.78. The molecule has 6 heteroatoms. The second kappa shape index (κ2) is 8.46. The molecule has 0 aliphatic carbocycles. The summed E-state index contributed by atoms with van der Waals surface area (Å²) in [5.74, 6) is 0.162. The average Bonchev–Trinajstić information content (AvgIpc) is 3.17. The minimum absolute atomic E-state index is 0.0501. The number of hydrogen-bond acceptors (Lipinski definition) is 4. The van der Waals surface area contributed by atoms with Crippen LogP contribution in [0, 0.1) is 23.1 Å². The van der Waals surface area contributed by atoms with Crippen molar-refractivity contribution in [1.29, 1.82) is 5.26 Å². The van der Waals surface area contributed by atoms with Crippen LogP contribution in [0.4, 0.5) is 4.39 Å². The van der Waals surface area contributed by atoms with Gasteiger partial charge in [-0.25, -0.2) is 9.07 Å². The van der Waals surface area contributed by atoms with Gasteiger partial charge in [-0.2, -0.15) is 10.4 Å². The Bertz CT molecular complexity index is 1030. The SMILES string of the molecule is COc1ccc(-c2nn(-c3ccccc3)cc2CN2CCC[C@H](C#N)C2)c(F)c1. The average molecular weight is 390 g/mol. The zero-order chi connectivity index (χ0) is 20.2. The number of rotatable bonds is 5. The van der Waals surface area contributed by atoms with Gasteiger partial charge < -0.3 is 4.74 Å². The number of piperidine rings is 1. The van der Waals surface area contributed by atoms with Gasteiger partial charge in [0.1, 0.15) is 17.3 Å². The molecule has 0 radical (unpaired) electrons. The maximum Gasteiger partial charge on any atom is 0.136 e. The van der Waals surface area contributed by atoms with E-state index in [0.29, 0.717) is 23.6 Å². The van der Waals surface area contributed by atoms with Crippen molar-refractivity contribution in [2.75, 3.05) is 20.2 Å². The van der Waals surface area contributed by atoms with Crippen LogP contribution in [-0.4, -0.2) is 34.9 Å². The number of para-hydroxylation sites is 1. The molecule has 0 saturated carbocycles. The molecule has 0 spiro atoms. The third kappa shape index (κ3) is 4.15. The van der Waals surface area contributed by atoms with Gasteiger partial charge in [0, 0.05) is 36.5 Å². The highest BCUT2D eigenvalue weighted by molar-refractivity contribution is 5.65. The van der Waals surface area contributed by atoms with Gasteiger partial charge in [-0.15, -0.1) is 0 Å². The van der Waals surface area contributed by atoms with E-state index in [2.05, 4.69) is 11.0 Å². The van der Waals surface area contributed by atoms with Gasteiger partial charge in [-0.05, 0) is 43.7 Å². The van der Waals surface area contributed by atoms with Crippen molar-refractivity contribution in [3.05, 3.63) is 66.1 Å². The summed E-state index contributed by atoms with van der Waals surface area (Å²) in [7, 11) is 1.52. The predicted octanol–water partition coefficient (Wildman–Crippen LogP) is 4.42. The van der Waals surface area contributed by atoms with Crippen LogP contribution in [0.2, 0.25) is 0 Å². The fourth-order valence-corrected chi connectivity index (χ4v) is 3.83. The maximum absolute atomic E-state index is 14.8. The van der Waals surface area contributed by atoms with Crippen LogP contribution >= 0.6 is 0 Å². The molecule has 1 fully saturated rings. The third-order valence-corrected chi connectivity index (χ3v) is 5.32. The Kier molecular flexibility index (Phi) is 5.59. The number of nitrogens with zero attached hydrogens (tertiary/aromatic N) is 4. The van der Waals surface area contributed by atoms with Crippen molar-refractivity contribution in [2.45, 2.75) is 19.4 Å². The molecule has 1 aliphatic heterocycles. The lowest BCUT2D eigenvalue weighted by Crippen LogP contribution is -2.34. The van der Waals surface area contributed by atoms with Gasteiger partial charge in [0.15, 0.2) is 0 Å². The van der Waals surface area contributed by atoms with Crippen LogP contribution < -0.4 is 4.74 Å². The lowest BCUT2D eigenvalue weighted by molar-refractivity contribution is 0.192. The van der Waals surface area contributed by atoms with Crippen LogP contribution in [0.3, 0.4) is 0 Å². The molecular weight excluding hydrogens is 367 g/mol. The zero-order valence-electron chi connectivity index (χ0n) is 16.4. The molecule has 2 heterocycles. The van der Waals surface area contributed by atoms with E-state index in [-0.39, 0.29) is 11.7 Å². The van der Waals surface area contributed by atoms with Crippen molar-refractivity contribution in [1.82, 2.24) is 14.7 Å². The van der Waals surface area contributed by atoms with Crippen molar-refractivity contribution in [3.63, 3.8) is 0 Å². The fraction of sp³-hybridized carbons (Fsp3) is 0.304. The summed E-state index contributed by atoms with van der Waals surface area (Å²) in [6, 6.07) is 17.0. The number of halogens is 1.